The number of fused-ring (bicyclic) bond motifs is 1. The van der Waals surface area contributed by atoms with Gasteiger partial charge in [0.15, 0.2) is 11.6 Å². The Morgan fingerprint density at radius 2 is 1.89 bits per heavy atom. The summed E-state index contributed by atoms with van der Waals surface area (Å²) in [5.74, 6) is -1.30. The van der Waals surface area contributed by atoms with Gasteiger partial charge in [0, 0.05) is 31.8 Å². The predicted octanol–water partition coefficient (Wildman–Crippen LogP) is 3.69. The van der Waals surface area contributed by atoms with Crippen LogP contribution in [0.4, 0.5) is 20.6 Å². The van der Waals surface area contributed by atoms with Gasteiger partial charge in [-0.15, -0.1) is 0 Å². The van der Waals surface area contributed by atoms with E-state index in [1.165, 1.54) is 24.4 Å². The Labute approximate surface area is 204 Å². The Morgan fingerprint density at radius 1 is 1.17 bits per heavy atom. The highest BCUT2D eigenvalue weighted by Gasteiger charge is 2.34. The molecule has 2 aromatic rings. The molecule has 190 valence electrons. The first-order valence-electron chi connectivity index (χ1n) is 11.0. The molecule has 3 rings (SSSR count). The minimum atomic E-state index is -4.14. The van der Waals surface area contributed by atoms with E-state index < -0.39 is 27.5 Å². The quantitative estimate of drug-likeness (QED) is 0.617. The van der Waals surface area contributed by atoms with Gasteiger partial charge in [0.1, 0.15) is 5.60 Å². The third-order valence-electron chi connectivity index (χ3n) is 5.28. The molecule has 1 aliphatic rings. The number of carbonyl (C=O) groups excluding carboxylic acids is 2. The lowest BCUT2D eigenvalue weighted by Crippen LogP contribution is -2.43. The summed E-state index contributed by atoms with van der Waals surface area (Å²) in [6.45, 7) is 6.96. The molecule has 2 amide bonds. The topological polar surface area (TPSA) is 114 Å². The molecule has 0 unspecified atom stereocenters. The molecular formula is C24H30FN3O6S. The average Bonchev–Trinajstić information content (AvgIpc) is 2.76. The van der Waals surface area contributed by atoms with Crippen LogP contribution in [-0.4, -0.2) is 46.2 Å². The van der Waals surface area contributed by atoms with Crippen molar-refractivity contribution in [3.8, 4) is 5.75 Å². The molecule has 1 atom stereocenters. The highest BCUT2D eigenvalue weighted by Crippen LogP contribution is 2.37. The summed E-state index contributed by atoms with van der Waals surface area (Å²) in [5, 5.41) is 5.37. The van der Waals surface area contributed by atoms with E-state index in [-0.39, 0.29) is 35.6 Å². The van der Waals surface area contributed by atoms with Gasteiger partial charge < -0.3 is 14.8 Å². The number of anilines is 2. The summed E-state index contributed by atoms with van der Waals surface area (Å²) in [6, 6.07) is 8.29. The lowest BCUT2D eigenvalue weighted by atomic mass is 9.93. The lowest BCUT2D eigenvalue weighted by Gasteiger charge is -2.35. The average molecular weight is 508 g/mol. The normalized spacial score (nSPS) is 15.7. The summed E-state index contributed by atoms with van der Waals surface area (Å²) in [7, 11) is -2.89. The number of methoxy groups -OCH3 is 1. The molecule has 0 fully saturated rings. The molecule has 1 heterocycles. The fraction of sp³-hybridized carbons (Fsp3) is 0.417. The van der Waals surface area contributed by atoms with E-state index in [4.69, 9.17) is 9.47 Å². The van der Waals surface area contributed by atoms with Gasteiger partial charge in [-0.25, -0.2) is 17.6 Å². The van der Waals surface area contributed by atoms with Crippen molar-refractivity contribution < 1.29 is 31.9 Å². The second-order valence-corrected chi connectivity index (χ2v) is 11.2. The number of amides is 2. The van der Waals surface area contributed by atoms with Crippen LogP contribution in [0.5, 0.6) is 5.75 Å². The highest BCUT2D eigenvalue weighted by molar-refractivity contribution is 7.92. The summed E-state index contributed by atoms with van der Waals surface area (Å²) in [4.78, 5) is 23.5. The second-order valence-electron chi connectivity index (χ2n) is 9.31. The third kappa shape index (κ3) is 6.41. The minimum absolute atomic E-state index is 0.0746. The largest absolute Gasteiger partial charge is 0.494 e. The van der Waals surface area contributed by atoms with Crippen LogP contribution in [0.1, 0.15) is 33.3 Å². The zero-order chi connectivity index (χ0) is 26.0. The maximum absolute atomic E-state index is 13.9. The fourth-order valence-corrected chi connectivity index (χ4v) is 5.34. The summed E-state index contributed by atoms with van der Waals surface area (Å²) in [5.41, 5.74) is 0.752. The zero-order valence-electron chi connectivity index (χ0n) is 20.3. The molecule has 0 bridgehead atoms. The number of carbonyl (C=O) groups is 2. The van der Waals surface area contributed by atoms with Crippen molar-refractivity contribution in [1.82, 2.24) is 5.32 Å². The monoisotopic (exact) mass is 507 g/mol. The first-order chi connectivity index (χ1) is 16.3. The van der Waals surface area contributed by atoms with Crippen LogP contribution in [0, 0.1) is 11.7 Å². The zero-order valence-corrected chi connectivity index (χ0v) is 21.2. The van der Waals surface area contributed by atoms with Gasteiger partial charge in [0.25, 0.3) is 10.0 Å². The van der Waals surface area contributed by atoms with Crippen molar-refractivity contribution in [1.29, 1.82) is 0 Å². The Hall–Kier alpha value is -3.34. The lowest BCUT2D eigenvalue weighted by molar-refractivity contribution is -0.119. The fourth-order valence-electron chi connectivity index (χ4n) is 3.76. The van der Waals surface area contributed by atoms with Crippen LogP contribution in [-0.2, 0) is 26.0 Å². The van der Waals surface area contributed by atoms with Crippen molar-refractivity contribution in [2.75, 3.05) is 29.8 Å². The van der Waals surface area contributed by atoms with Crippen LogP contribution in [0.15, 0.2) is 41.3 Å². The standard InChI is InChI=1S/C24H30FN3O6S/c1-15(29)26-13-16-10-17-6-7-18(27-23(30)34-24(2,3)4)11-21(17)28(14-16)35(31,32)19-8-9-20(25)22(12-19)33-5/h6-9,11-12,16H,10,13-14H2,1-5H3,(H,26,29)(H,27,30)/t16-/m1/s1. The smallest absolute Gasteiger partial charge is 0.412 e. The van der Waals surface area contributed by atoms with Gasteiger partial charge in [-0.2, -0.15) is 0 Å². The molecule has 11 heteroatoms. The van der Waals surface area contributed by atoms with Crippen molar-refractivity contribution in [3.63, 3.8) is 0 Å². The van der Waals surface area contributed by atoms with Crippen LogP contribution < -0.4 is 19.7 Å². The molecule has 2 aromatic carbocycles. The second kappa shape index (κ2) is 10.1. The number of hydrogen-bond acceptors (Lipinski definition) is 6. The summed E-state index contributed by atoms with van der Waals surface area (Å²) in [6.07, 6.45) is -0.157. The molecule has 0 aliphatic carbocycles. The Balaban J connectivity index is 2.01. The van der Waals surface area contributed by atoms with E-state index in [1.807, 2.05) is 0 Å². The van der Waals surface area contributed by atoms with E-state index in [1.54, 1.807) is 39.0 Å². The number of sulfonamides is 1. The predicted molar refractivity (Wildman–Crippen MR) is 130 cm³/mol. The van der Waals surface area contributed by atoms with Gasteiger partial charge >= 0.3 is 6.09 Å². The maximum atomic E-state index is 13.9. The Bertz CT molecular complexity index is 1230. The molecule has 0 saturated heterocycles. The molecule has 35 heavy (non-hydrogen) atoms. The van der Waals surface area contributed by atoms with E-state index in [0.717, 1.165) is 17.7 Å². The van der Waals surface area contributed by atoms with Crippen molar-refractivity contribution >= 4 is 33.4 Å². The van der Waals surface area contributed by atoms with E-state index in [0.29, 0.717) is 17.8 Å². The van der Waals surface area contributed by atoms with Crippen LogP contribution >= 0.6 is 0 Å². The minimum Gasteiger partial charge on any atom is -0.494 e. The molecule has 9 nitrogen and oxygen atoms in total. The number of hydrogen-bond donors (Lipinski definition) is 2. The molecule has 1 aliphatic heterocycles. The van der Waals surface area contributed by atoms with Crippen molar-refractivity contribution in [3.05, 3.63) is 47.8 Å². The summed E-state index contributed by atoms with van der Waals surface area (Å²) < 4.78 is 52.8. The molecule has 2 N–H and O–H groups in total. The SMILES string of the molecule is COc1cc(S(=O)(=O)N2C[C@@H](CNC(C)=O)Cc3ccc(NC(=O)OC(C)(C)C)cc32)ccc1F. The van der Waals surface area contributed by atoms with Crippen LogP contribution in [0.3, 0.4) is 0 Å². The number of ether oxygens (including phenoxy) is 2. The van der Waals surface area contributed by atoms with Gasteiger partial charge in [-0.05, 0) is 62.9 Å². The Kier molecular flexibility index (Phi) is 7.59. The third-order valence-corrected chi connectivity index (χ3v) is 7.06. The number of benzene rings is 2. The molecular weight excluding hydrogens is 477 g/mol. The maximum Gasteiger partial charge on any atom is 0.412 e. The number of rotatable bonds is 6. The van der Waals surface area contributed by atoms with E-state index in [9.17, 15) is 22.4 Å². The van der Waals surface area contributed by atoms with Crippen LogP contribution in [0.2, 0.25) is 0 Å². The van der Waals surface area contributed by atoms with Gasteiger partial charge in [-0.3, -0.25) is 14.4 Å². The van der Waals surface area contributed by atoms with E-state index >= 15 is 0 Å². The number of halogens is 1. The van der Waals surface area contributed by atoms with Gasteiger partial charge in [0.2, 0.25) is 5.91 Å². The summed E-state index contributed by atoms with van der Waals surface area (Å²) >= 11 is 0. The first-order valence-corrected chi connectivity index (χ1v) is 12.5. The van der Waals surface area contributed by atoms with Crippen LogP contribution in [0.25, 0.3) is 0 Å². The number of nitrogens with zero attached hydrogens (tertiary/aromatic N) is 1. The molecule has 0 saturated carbocycles. The highest BCUT2D eigenvalue weighted by atomic mass is 32.2. The van der Waals surface area contributed by atoms with Crippen molar-refractivity contribution in [2.24, 2.45) is 5.92 Å². The van der Waals surface area contributed by atoms with E-state index in [2.05, 4.69) is 10.6 Å². The van der Waals surface area contributed by atoms with Crippen molar-refractivity contribution in [2.45, 2.75) is 44.6 Å². The Morgan fingerprint density at radius 3 is 2.51 bits per heavy atom. The molecule has 0 spiro atoms. The molecule has 0 radical (unpaired) electrons. The number of nitrogens with one attached hydrogen (secondary N) is 2. The first kappa shape index (κ1) is 26.3. The molecule has 0 aromatic heterocycles. The van der Waals surface area contributed by atoms with Gasteiger partial charge in [-0.1, -0.05) is 6.07 Å². The van der Waals surface area contributed by atoms with Gasteiger partial charge in [0.05, 0.1) is 17.7 Å².